The molecule has 0 fully saturated rings. The topological polar surface area (TPSA) is 92.4 Å². The quantitative estimate of drug-likeness (QED) is 0.820. The number of nitrogens with zero attached hydrogens (tertiary/aromatic N) is 1. The predicted octanol–water partition coefficient (Wildman–Crippen LogP) is 1.76. The van der Waals surface area contributed by atoms with Crippen molar-refractivity contribution >= 4 is 11.9 Å². The molecule has 0 aliphatic heterocycles. The zero-order chi connectivity index (χ0) is 14.6. The monoisotopic (exact) mass is 268 g/mol. The lowest BCUT2D eigenvalue weighted by Crippen LogP contribution is -2.40. The summed E-state index contributed by atoms with van der Waals surface area (Å²) in [5.41, 5.74) is 1.68. The summed E-state index contributed by atoms with van der Waals surface area (Å²) in [6.07, 6.45) is 0.577. The van der Waals surface area contributed by atoms with Gasteiger partial charge in [-0.3, -0.25) is 4.79 Å². The van der Waals surface area contributed by atoms with Gasteiger partial charge in [0.25, 0.3) is 0 Å². The number of hydrogen-bond donors (Lipinski definition) is 2. The third kappa shape index (κ3) is 3.81. The highest BCUT2D eigenvalue weighted by atomic mass is 16.5. The number of amides is 1. The minimum absolute atomic E-state index is 0.0578. The molecule has 1 aromatic heterocycles. The predicted molar refractivity (Wildman–Crippen MR) is 68.9 cm³/mol. The van der Waals surface area contributed by atoms with Gasteiger partial charge in [-0.05, 0) is 26.2 Å². The highest BCUT2D eigenvalue weighted by Gasteiger charge is 2.22. The van der Waals surface area contributed by atoms with E-state index in [1.807, 2.05) is 13.8 Å². The van der Waals surface area contributed by atoms with Gasteiger partial charge in [0.05, 0.1) is 5.69 Å². The number of carbonyl (C=O) groups excluding carboxylic acids is 1. The zero-order valence-corrected chi connectivity index (χ0v) is 11.7. The van der Waals surface area contributed by atoms with Crippen LogP contribution in [0.25, 0.3) is 0 Å². The Morgan fingerprint density at radius 3 is 2.47 bits per heavy atom. The molecule has 106 valence electrons. The molecule has 0 saturated heterocycles. The highest BCUT2D eigenvalue weighted by molar-refractivity contribution is 5.83. The molecule has 0 aromatic carbocycles. The van der Waals surface area contributed by atoms with Crippen molar-refractivity contribution in [2.75, 3.05) is 0 Å². The van der Waals surface area contributed by atoms with Gasteiger partial charge in [0.15, 0.2) is 0 Å². The third-order valence-corrected chi connectivity index (χ3v) is 3.11. The molecule has 1 amide bonds. The van der Waals surface area contributed by atoms with E-state index < -0.39 is 12.0 Å². The smallest absolute Gasteiger partial charge is 0.326 e. The molecule has 19 heavy (non-hydrogen) atoms. The number of aromatic nitrogens is 1. The molecule has 1 aromatic rings. The first-order chi connectivity index (χ1) is 8.86. The molecule has 2 N–H and O–H groups in total. The zero-order valence-electron chi connectivity index (χ0n) is 11.7. The Labute approximate surface area is 112 Å². The van der Waals surface area contributed by atoms with Gasteiger partial charge in [0.1, 0.15) is 11.8 Å². The van der Waals surface area contributed by atoms with E-state index in [2.05, 4.69) is 10.5 Å². The fraction of sp³-hybridized carbons (Fsp3) is 0.615. The Bertz CT molecular complexity index is 448. The Hall–Kier alpha value is -1.85. The summed E-state index contributed by atoms with van der Waals surface area (Å²) >= 11 is 0. The van der Waals surface area contributed by atoms with E-state index in [-0.39, 0.29) is 18.2 Å². The van der Waals surface area contributed by atoms with E-state index in [0.29, 0.717) is 12.2 Å². The summed E-state index contributed by atoms with van der Waals surface area (Å²) in [7, 11) is 0. The maximum atomic E-state index is 11.8. The SMILES string of the molecule is CCC(NC(=O)CC(C)c1c(C)noc1C)C(=O)O. The Balaban J connectivity index is 2.65. The summed E-state index contributed by atoms with van der Waals surface area (Å²) in [5, 5.41) is 15.2. The van der Waals surface area contributed by atoms with Crippen LogP contribution in [-0.2, 0) is 9.59 Å². The van der Waals surface area contributed by atoms with Crippen molar-refractivity contribution in [1.82, 2.24) is 10.5 Å². The number of aliphatic carboxylic acids is 1. The van der Waals surface area contributed by atoms with Crippen LogP contribution < -0.4 is 5.32 Å². The normalized spacial score (nSPS) is 13.9. The van der Waals surface area contributed by atoms with Crippen molar-refractivity contribution in [2.45, 2.75) is 52.5 Å². The molecule has 6 heteroatoms. The standard InChI is InChI=1S/C13H20N2O4/c1-5-10(13(17)18)14-11(16)6-7(2)12-8(3)15-19-9(12)4/h7,10H,5-6H2,1-4H3,(H,14,16)(H,17,18). The average Bonchev–Trinajstić information content (AvgIpc) is 2.65. The van der Waals surface area contributed by atoms with Crippen LogP contribution in [0.5, 0.6) is 0 Å². The van der Waals surface area contributed by atoms with Crippen LogP contribution in [0.3, 0.4) is 0 Å². The molecule has 0 radical (unpaired) electrons. The molecule has 2 unspecified atom stereocenters. The van der Waals surface area contributed by atoms with Gasteiger partial charge < -0.3 is 14.9 Å². The van der Waals surface area contributed by atoms with E-state index in [9.17, 15) is 9.59 Å². The molecule has 6 nitrogen and oxygen atoms in total. The highest BCUT2D eigenvalue weighted by Crippen LogP contribution is 2.25. The van der Waals surface area contributed by atoms with Crippen LogP contribution >= 0.6 is 0 Å². The van der Waals surface area contributed by atoms with Gasteiger partial charge in [-0.2, -0.15) is 0 Å². The Morgan fingerprint density at radius 2 is 2.05 bits per heavy atom. The molecule has 0 aliphatic rings. The van der Waals surface area contributed by atoms with Gasteiger partial charge in [-0.15, -0.1) is 0 Å². The van der Waals surface area contributed by atoms with Crippen molar-refractivity contribution in [3.63, 3.8) is 0 Å². The lowest BCUT2D eigenvalue weighted by molar-refractivity contribution is -0.141. The molecule has 1 rings (SSSR count). The first kappa shape index (κ1) is 15.2. The molecule has 0 aliphatic carbocycles. The van der Waals surface area contributed by atoms with Crippen molar-refractivity contribution in [3.8, 4) is 0 Å². The van der Waals surface area contributed by atoms with Crippen LogP contribution in [0, 0.1) is 13.8 Å². The number of carboxylic acids is 1. The lowest BCUT2D eigenvalue weighted by Gasteiger charge is -2.15. The number of aryl methyl sites for hydroxylation is 2. The first-order valence-corrected chi connectivity index (χ1v) is 6.31. The fourth-order valence-electron chi connectivity index (χ4n) is 2.17. The molecule has 0 bridgehead atoms. The average molecular weight is 268 g/mol. The number of carboxylic acid groups (broad SMARTS) is 1. The van der Waals surface area contributed by atoms with E-state index >= 15 is 0 Å². The maximum absolute atomic E-state index is 11.8. The summed E-state index contributed by atoms with van der Waals surface area (Å²) in [5.74, 6) is -0.650. The van der Waals surface area contributed by atoms with Gasteiger partial charge in [0.2, 0.25) is 5.91 Å². The van der Waals surface area contributed by atoms with Crippen LogP contribution in [0.15, 0.2) is 4.52 Å². The van der Waals surface area contributed by atoms with Crippen LogP contribution in [0.1, 0.15) is 49.6 Å². The van der Waals surface area contributed by atoms with E-state index in [4.69, 9.17) is 9.63 Å². The van der Waals surface area contributed by atoms with Crippen molar-refractivity contribution < 1.29 is 19.2 Å². The van der Waals surface area contributed by atoms with E-state index in [1.54, 1.807) is 13.8 Å². The summed E-state index contributed by atoms with van der Waals surface area (Å²) in [6, 6.07) is -0.829. The maximum Gasteiger partial charge on any atom is 0.326 e. The fourth-order valence-corrected chi connectivity index (χ4v) is 2.17. The Morgan fingerprint density at radius 1 is 1.42 bits per heavy atom. The lowest BCUT2D eigenvalue weighted by atomic mass is 9.96. The van der Waals surface area contributed by atoms with E-state index in [1.165, 1.54) is 0 Å². The molecular weight excluding hydrogens is 248 g/mol. The van der Waals surface area contributed by atoms with Crippen molar-refractivity contribution in [1.29, 1.82) is 0 Å². The summed E-state index contributed by atoms with van der Waals surface area (Å²) in [4.78, 5) is 22.7. The Kier molecular flexibility index (Phi) is 5.09. The number of nitrogens with one attached hydrogen (secondary N) is 1. The second-order valence-corrected chi connectivity index (χ2v) is 4.71. The first-order valence-electron chi connectivity index (χ1n) is 6.31. The molecule has 2 atom stereocenters. The van der Waals surface area contributed by atoms with Crippen LogP contribution in [-0.4, -0.2) is 28.2 Å². The largest absolute Gasteiger partial charge is 0.480 e. The molecule has 0 saturated carbocycles. The summed E-state index contributed by atoms with van der Waals surface area (Å²) < 4.78 is 5.06. The third-order valence-electron chi connectivity index (χ3n) is 3.11. The number of rotatable bonds is 6. The second-order valence-electron chi connectivity index (χ2n) is 4.71. The minimum atomic E-state index is -1.01. The van der Waals surface area contributed by atoms with Gasteiger partial charge in [-0.25, -0.2) is 4.79 Å². The van der Waals surface area contributed by atoms with Crippen LogP contribution in [0.4, 0.5) is 0 Å². The molecular formula is C13H20N2O4. The number of hydrogen-bond acceptors (Lipinski definition) is 4. The molecule has 0 spiro atoms. The molecule has 1 heterocycles. The second kappa shape index (κ2) is 6.36. The summed E-state index contributed by atoms with van der Waals surface area (Å²) in [6.45, 7) is 7.24. The van der Waals surface area contributed by atoms with Gasteiger partial charge in [0, 0.05) is 12.0 Å². The van der Waals surface area contributed by atoms with Gasteiger partial charge in [-0.1, -0.05) is 19.0 Å². The van der Waals surface area contributed by atoms with Gasteiger partial charge >= 0.3 is 5.97 Å². The number of carbonyl (C=O) groups is 2. The van der Waals surface area contributed by atoms with E-state index in [0.717, 1.165) is 11.3 Å². The van der Waals surface area contributed by atoms with Crippen molar-refractivity contribution in [3.05, 3.63) is 17.0 Å². The van der Waals surface area contributed by atoms with Crippen LogP contribution in [0.2, 0.25) is 0 Å². The van der Waals surface area contributed by atoms with Crippen molar-refractivity contribution in [2.24, 2.45) is 0 Å². The minimum Gasteiger partial charge on any atom is -0.480 e.